The minimum Gasteiger partial charge on any atom is -0.464 e. The van der Waals surface area contributed by atoms with Crippen LogP contribution in [0, 0.1) is 0 Å². The summed E-state index contributed by atoms with van der Waals surface area (Å²) < 4.78 is 5.42. The van der Waals surface area contributed by atoms with E-state index in [2.05, 4.69) is 15.2 Å². The number of aromatic nitrogens is 3. The highest BCUT2D eigenvalue weighted by Gasteiger charge is 2.11. The van der Waals surface area contributed by atoms with E-state index in [4.69, 9.17) is 10.2 Å². The lowest BCUT2D eigenvalue weighted by Crippen LogP contribution is -1.97. The zero-order valence-electron chi connectivity index (χ0n) is 8.47. The molecular weight excluding hydrogens is 204 g/mol. The van der Waals surface area contributed by atoms with Gasteiger partial charge in [-0.1, -0.05) is 18.2 Å². The first-order chi connectivity index (χ1) is 7.88. The predicted octanol–water partition coefficient (Wildman–Crippen LogP) is 1.68. The Morgan fingerprint density at radius 3 is 3.00 bits per heavy atom. The average molecular weight is 214 g/mol. The SMILES string of the molecule is NCc1nc(-c2coc3ccccc23)n[nH]1. The maximum atomic E-state index is 5.47. The third-order valence-electron chi connectivity index (χ3n) is 2.45. The molecule has 0 unspecified atom stereocenters. The van der Waals surface area contributed by atoms with Crippen LogP contribution in [0.5, 0.6) is 0 Å². The van der Waals surface area contributed by atoms with Gasteiger partial charge in [-0.3, -0.25) is 5.10 Å². The van der Waals surface area contributed by atoms with Crippen molar-refractivity contribution in [2.75, 3.05) is 0 Å². The fourth-order valence-corrected chi connectivity index (χ4v) is 1.66. The summed E-state index contributed by atoms with van der Waals surface area (Å²) in [5.74, 6) is 1.28. The van der Waals surface area contributed by atoms with Crippen LogP contribution < -0.4 is 5.73 Å². The monoisotopic (exact) mass is 214 g/mol. The number of nitrogens with two attached hydrogens (primary N) is 1. The van der Waals surface area contributed by atoms with Gasteiger partial charge >= 0.3 is 0 Å². The lowest BCUT2D eigenvalue weighted by atomic mass is 10.2. The Morgan fingerprint density at radius 1 is 1.31 bits per heavy atom. The van der Waals surface area contributed by atoms with Crippen LogP contribution in [0.4, 0.5) is 0 Å². The first kappa shape index (κ1) is 9.11. The molecule has 0 saturated carbocycles. The molecule has 0 bridgehead atoms. The molecule has 0 spiro atoms. The maximum absolute atomic E-state index is 5.47. The summed E-state index contributed by atoms with van der Waals surface area (Å²) in [7, 11) is 0. The van der Waals surface area contributed by atoms with Crippen molar-refractivity contribution < 1.29 is 4.42 Å². The van der Waals surface area contributed by atoms with Gasteiger partial charge in [-0.15, -0.1) is 0 Å². The van der Waals surface area contributed by atoms with Crippen LogP contribution >= 0.6 is 0 Å². The molecule has 80 valence electrons. The Kier molecular flexibility index (Phi) is 1.97. The highest BCUT2D eigenvalue weighted by atomic mass is 16.3. The van der Waals surface area contributed by atoms with Crippen LogP contribution in [-0.2, 0) is 6.54 Å². The molecule has 0 aliphatic heterocycles. The molecule has 3 rings (SSSR count). The van der Waals surface area contributed by atoms with Crippen molar-refractivity contribution in [3.63, 3.8) is 0 Å². The minimum absolute atomic E-state index is 0.350. The molecule has 0 aliphatic rings. The van der Waals surface area contributed by atoms with Gasteiger partial charge in [0.1, 0.15) is 17.7 Å². The number of para-hydroxylation sites is 1. The molecule has 0 radical (unpaired) electrons. The van der Waals surface area contributed by atoms with Crippen LogP contribution in [0.1, 0.15) is 5.82 Å². The number of fused-ring (bicyclic) bond motifs is 1. The first-order valence-corrected chi connectivity index (χ1v) is 4.96. The highest BCUT2D eigenvalue weighted by Crippen LogP contribution is 2.27. The van der Waals surface area contributed by atoms with E-state index in [1.807, 2.05) is 24.3 Å². The lowest BCUT2D eigenvalue weighted by molar-refractivity contribution is 0.616. The summed E-state index contributed by atoms with van der Waals surface area (Å²) in [6.07, 6.45) is 1.66. The Hall–Kier alpha value is -2.14. The summed E-state index contributed by atoms with van der Waals surface area (Å²) >= 11 is 0. The first-order valence-electron chi connectivity index (χ1n) is 4.96. The third kappa shape index (κ3) is 1.30. The Morgan fingerprint density at radius 2 is 2.19 bits per heavy atom. The van der Waals surface area contributed by atoms with Crippen LogP contribution in [-0.4, -0.2) is 15.2 Å². The minimum atomic E-state index is 0.350. The molecular formula is C11H10N4O. The smallest absolute Gasteiger partial charge is 0.185 e. The quantitative estimate of drug-likeness (QED) is 0.680. The number of nitrogens with one attached hydrogen (secondary N) is 1. The van der Waals surface area contributed by atoms with E-state index < -0.39 is 0 Å². The largest absolute Gasteiger partial charge is 0.464 e. The highest BCUT2D eigenvalue weighted by molar-refractivity contribution is 5.91. The molecule has 0 amide bonds. The Balaban J connectivity index is 2.18. The fourth-order valence-electron chi connectivity index (χ4n) is 1.66. The summed E-state index contributed by atoms with van der Waals surface area (Å²) in [5, 5.41) is 7.89. The van der Waals surface area contributed by atoms with Crippen LogP contribution in [0.25, 0.3) is 22.4 Å². The van der Waals surface area contributed by atoms with Gasteiger partial charge < -0.3 is 10.2 Å². The van der Waals surface area contributed by atoms with E-state index in [-0.39, 0.29) is 0 Å². The lowest BCUT2D eigenvalue weighted by Gasteiger charge is -1.89. The van der Waals surface area contributed by atoms with Crippen molar-refractivity contribution in [1.29, 1.82) is 0 Å². The summed E-state index contributed by atoms with van der Waals surface area (Å²) in [4.78, 5) is 4.27. The number of furan rings is 1. The van der Waals surface area contributed by atoms with Gasteiger partial charge in [0.2, 0.25) is 0 Å². The summed E-state index contributed by atoms with van der Waals surface area (Å²) in [5.41, 5.74) is 7.18. The topological polar surface area (TPSA) is 80.7 Å². The Bertz CT molecular complexity index is 625. The fraction of sp³-hybridized carbons (Fsp3) is 0.0909. The third-order valence-corrected chi connectivity index (χ3v) is 2.45. The normalized spacial score (nSPS) is 11.1. The number of aromatic amines is 1. The van der Waals surface area contributed by atoms with E-state index in [0.29, 0.717) is 18.2 Å². The second-order valence-electron chi connectivity index (χ2n) is 3.46. The second-order valence-corrected chi connectivity index (χ2v) is 3.46. The van der Waals surface area contributed by atoms with Crippen molar-refractivity contribution >= 4 is 11.0 Å². The number of hydrogen-bond acceptors (Lipinski definition) is 4. The van der Waals surface area contributed by atoms with Crippen LogP contribution in [0.15, 0.2) is 34.9 Å². The number of H-pyrrole nitrogens is 1. The summed E-state index contributed by atoms with van der Waals surface area (Å²) in [6.45, 7) is 0.350. The molecule has 3 N–H and O–H groups in total. The summed E-state index contributed by atoms with van der Waals surface area (Å²) in [6, 6.07) is 7.78. The molecule has 3 aromatic rings. The van der Waals surface area contributed by atoms with E-state index in [1.54, 1.807) is 6.26 Å². The van der Waals surface area contributed by atoms with Gasteiger partial charge in [0.05, 0.1) is 12.1 Å². The molecule has 2 heterocycles. The maximum Gasteiger partial charge on any atom is 0.185 e. The van der Waals surface area contributed by atoms with Gasteiger partial charge in [-0.05, 0) is 6.07 Å². The predicted molar refractivity (Wildman–Crippen MR) is 59.5 cm³/mol. The average Bonchev–Trinajstić information content (AvgIpc) is 2.94. The van der Waals surface area contributed by atoms with Gasteiger partial charge in [-0.25, -0.2) is 4.98 Å². The van der Waals surface area contributed by atoms with Crippen LogP contribution in [0.2, 0.25) is 0 Å². The van der Waals surface area contributed by atoms with Gasteiger partial charge in [-0.2, -0.15) is 5.10 Å². The van der Waals surface area contributed by atoms with Crippen molar-refractivity contribution in [1.82, 2.24) is 15.2 Å². The molecule has 0 atom stereocenters. The molecule has 5 nitrogen and oxygen atoms in total. The van der Waals surface area contributed by atoms with Gasteiger partial charge in [0.25, 0.3) is 0 Å². The Labute approximate surface area is 91.3 Å². The molecule has 0 aliphatic carbocycles. The van der Waals surface area contributed by atoms with E-state index in [0.717, 1.165) is 16.5 Å². The molecule has 2 aromatic heterocycles. The zero-order valence-corrected chi connectivity index (χ0v) is 8.47. The zero-order chi connectivity index (χ0) is 11.0. The van der Waals surface area contributed by atoms with Crippen LogP contribution in [0.3, 0.4) is 0 Å². The number of benzene rings is 1. The number of rotatable bonds is 2. The standard InChI is InChI=1S/C11H10N4O/c12-5-10-13-11(15-14-10)8-6-16-9-4-2-1-3-7(8)9/h1-4,6H,5,12H2,(H,13,14,15). The van der Waals surface area contributed by atoms with Crippen molar-refractivity contribution in [2.45, 2.75) is 6.54 Å². The van der Waals surface area contributed by atoms with Crippen molar-refractivity contribution in [2.24, 2.45) is 5.73 Å². The van der Waals surface area contributed by atoms with Gasteiger partial charge in [0.15, 0.2) is 5.82 Å². The van der Waals surface area contributed by atoms with Crippen molar-refractivity contribution in [3.8, 4) is 11.4 Å². The van der Waals surface area contributed by atoms with Gasteiger partial charge in [0, 0.05) is 5.39 Å². The van der Waals surface area contributed by atoms with E-state index in [1.165, 1.54) is 0 Å². The number of nitrogens with zero attached hydrogens (tertiary/aromatic N) is 2. The number of hydrogen-bond donors (Lipinski definition) is 2. The molecule has 0 saturated heterocycles. The van der Waals surface area contributed by atoms with E-state index >= 15 is 0 Å². The molecule has 5 heteroatoms. The second kappa shape index (κ2) is 3.46. The molecule has 1 aromatic carbocycles. The molecule has 0 fully saturated rings. The van der Waals surface area contributed by atoms with Crippen molar-refractivity contribution in [3.05, 3.63) is 36.4 Å². The molecule has 16 heavy (non-hydrogen) atoms. The van der Waals surface area contributed by atoms with E-state index in [9.17, 15) is 0 Å².